The van der Waals surface area contributed by atoms with Gasteiger partial charge in [0.1, 0.15) is 0 Å². The summed E-state index contributed by atoms with van der Waals surface area (Å²) in [4.78, 5) is 12.2. The smallest absolute Gasteiger partial charge is 0.220 e. The van der Waals surface area contributed by atoms with Crippen molar-refractivity contribution >= 4 is 18.3 Å². The number of carbonyl (C=O) groups is 1. The average Bonchev–Trinajstić information content (AvgIpc) is 2.47. The first-order valence-electron chi connectivity index (χ1n) is 7.66. The van der Waals surface area contributed by atoms with Crippen molar-refractivity contribution in [3.05, 3.63) is 35.4 Å². The molecule has 0 radical (unpaired) electrons. The molecular weight excluding hydrogens is 284 g/mol. The fourth-order valence-corrected chi connectivity index (χ4v) is 3.16. The van der Waals surface area contributed by atoms with Gasteiger partial charge in [0.05, 0.1) is 0 Å². The molecule has 118 valence electrons. The van der Waals surface area contributed by atoms with E-state index in [2.05, 4.69) is 24.4 Å². The van der Waals surface area contributed by atoms with Crippen LogP contribution in [0.4, 0.5) is 0 Å². The van der Waals surface area contributed by atoms with E-state index in [4.69, 9.17) is 5.73 Å². The molecule has 1 amide bonds. The lowest BCUT2D eigenvalue weighted by Crippen LogP contribution is -2.38. The third-order valence-corrected chi connectivity index (χ3v) is 4.62. The zero-order chi connectivity index (χ0) is 14.4. The maximum atomic E-state index is 12.2. The van der Waals surface area contributed by atoms with Crippen LogP contribution in [0.2, 0.25) is 0 Å². The monoisotopic (exact) mass is 310 g/mol. The average molecular weight is 311 g/mol. The van der Waals surface area contributed by atoms with Gasteiger partial charge in [-0.05, 0) is 42.9 Å². The van der Waals surface area contributed by atoms with Gasteiger partial charge in [-0.15, -0.1) is 12.4 Å². The van der Waals surface area contributed by atoms with Gasteiger partial charge in [0.2, 0.25) is 5.91 Å². The molecule has 1 aliphatic rings. The predicted molar refractivity (Wildman–Crippen MR) is 89.5 cm³/mol. The van der Waals surface area contributed by atoms with Crippen molar-refractivity contribution in [2.24, 2.45) is 11.1 Å². The minimum Gasteiger partial charge on any atom is -0.352 e. The molecule has 1 aromatic rings. The highest BCUT2D eigenvalue weighted by Gasteiger charge is 2.32. The molecule has 1 saturated carbocycles. The van der Waals surface area contributed by atoms with Crippen LogP contribution in [0.1, 0.15) is 49.7 Å². The number of nitrogens with one attached hydrogen (secondary N) is 1. The van der Waals surface area contributed by atoms with Crippen molar-refractivity contribution in [1.29, 1.82) is 0 Å². The summed E-state index contributed by atoms with van der Waals surface area (Å²) in [7, 11) is 0. The summed E-state index contributed by atoms with van der Waals surface area (Å²) >= 11 is 0. The van der Waals surface area contributed by atoms with Crippen LogP contribution in [0.5, 0.6) is 0 Å². The van der Waals surface area contributed by atoms with Crippen molar-refractivity contribution < 1.29 is 4.79 Å². The third kappa shape index (κ3) is 5.01. The Hall–Kier alpha value is -1.06. The van der Waals surface area contributed by atoms with Crippen molar-refractivity contribution in [3.8, 4) is 0 Å². The van der Waals surface area contributed by atoms with Gasteiger partial charge < -0.3 is 11.1 Å². The number of hydrogen-bond donors (Lipinski definition) is 2. The van der Waals surface area contributed by atoms with E-state index in [0.717, 1.165) is 12.8 Å². The molecule has 0 saturated heterocycles. The Morgan fingerprint density at radius 2 is 1.90 bits per heavy atom. The standard InChI is InChI=1S/C17H26N2O.ClH/c1-14-7-3-4-8-15(14)12-19-16(20)11-17(13-18)9-5-2-6-10-17;/h3-4,7-8H,2,5-6,9-13,18H2,1H3,(H,19,20);1H. The summed E-state index contributed by atoms with van der Waals surface area (Å²) in [6.45, 7) is 3.32. The van der Waals surface area contributed by atoms with Gasteiger partial charge in [-0.1, -0.05) is 43.5 Å². The lowest BCUT2D eigenvalue weighted by atomic mass is 9.71. The SMILES string of the molecule is Cc1ccccc1CNC(=O)CC1(CN)CCCCC1.Cl. The number of hydrogen-bond acceptors (Lipinski definition) is 2. The van der Waals surface area contributed by atoms with E-state index in [0.29, 0.717) is 19.5 Å². The number of benzene rings is 1. The lowest BCUT2D eigenvalue weighted by molar-refractivity contribution is -0.124. The molecule has 21 heavy (non-hydrogen) atoms. The van der Waals surface area contributed by atoms with Gasteiger partial charge in [0.25, 0.3) is 0 Å². The second kappa shape index (κ2) is 8.40. The Kier molecular flexibility index (Phi) is 7.20. The van der Waals surface area contributed by atoms with Gasteiger partial charge in [-0.3, -0.25) is 4.79 Å². The van der Waals surface area contributed by atoms with Crippen LogP contribution < -0.4 is 11.1 Å². The molecule has 0 spiro atoms. The summed E-state index contributed by atoms with van der Waals surface area (Å²) in [5.41, 5.74) is 8.40. The number of nitrogens with two attached hydrogens (primary N) is 1. The first-order valence-corrected chi connectivity index (χ1v) is 7.66. The van der Waals surface area contributed by atoms with Crippen LogP contribution >= 0.6 is 12.4 Å². The topological polar surface area (TPSA) is 55.1 Å². The molecule has 0 atom stereocenters. The minimum absolute atomic E-state index is 0. The van der Waals surface area contributed by atoms with E-state index in [1.165, 1.54) is 30.4 Å². The van der Waals surface area contributed by atoms with Gasteiger partial charge in [0.15, 0.2) is 0 Å². The molecule has 1 fully saturated rings. The van der Waals surface area contributed by atoms with Gasteiger partial charge in [-0.25, -0.2) is 0 Å². The lowest BCUT2D eigenvalue weighted by Gasteiger charge is -2.35. The zero-order valence-electron chi connectivity index (χ0n) is 12.9. The molecule has 0 aromatic heterocycles. The van der Waals surface area contributed by atoms with Crippen LogP contribution in [-0.2, 0) is 11.3 Å². The van der Waals surface area contributed by atoms with E-state index < -0.39 is 0 Å². The zero-order valence-corrected chi connectivity index (χ0v) is 13.7. The van der Waals surface area contributed by atoms with E-state index in [-0.39, 0.29) is 23.7 Å². The maximum absolute atomic E-state index is 12.2. The summed E-state index contributed by atoms with van der Waals surface area (Å²) in [6.07, 6.45) is 6.48. The largest absolute Gasteiger partial charge is 0.352 e. The summed E-state index contributed by atoms with van der Waals surface area (Å²) in [5.74, 6) is 0.139. The number of halogens is 1. The molecule has 0 bridgehead atoms. The van der Waals surface area contributed by atoms with Crippen LogP contribution in [0.25, 0.3) is 0 Å². The molecule has 0 heterocycles. The Bertz CT molecular complexity index is 456. The Balaban J connectivity index is 0.00000220. The fourth-order valence-electron chi connectivity index (χ4n) is 3.16. The van der Waals surface area contributed by atoms with E-state index >= 15 is 0 Å². The van der Waals surface area contributed by atoms with Crippen LogP contribution in [-0.4, -0.2) is 12.5 Å². The van der Waals surface area contributed by atoms with Crippen molar-refractivity contribution in [2.75, 3.05) is 6.54 Å². The molecular formula is C17H27ClN2O. The molecule has 1 aromatic carbocycles. The minimum atomic E-state index is 0. The molecule has 0 unspecified atom stereocenters. The quantitative estimate of drug-likeness (QED) is 0.876. The Labute approximate surface area is 134 Å². The first kappa shape index (κ1) is 18.0. The van der Waals surface area contributed by atoms with E-state index in [9.17, 15) is 4.79 Å². The van der Waals surface area contributed by atoms with Crippen LogP contribution in [0, 0.1) is 12.3 Å². The van der Waals surface area contributed by atoms with Crippen LogP contribution in [0.15, 0.2) is 24.3 Å². The van der Waals surface area contributed by atoms with Crippen molar-refractivity contribution in [1.82, 2.24) is 5.32 Å². The Morgan fingerprint density at radius 3 is 2.52 bits per heavy atom. The second-order valence-electron chi connectivity index (χ2n) is 6.14. The van der Waals surface area contributed by atoms with E-state index in [1.54, 1.807) is 0 Å². The molecule has 2 rings (SSSR count). The van der Waals surface area contributed by atoms with Crippen molar-refractivity contribution in [3.63, 3.8) is 0 Å². The number of carbonyl (C=O) groups excluding carboxylic acids is 1. The maximum Gasteiger partial charge on any atom is 0.220 e. The third-order valence-electron chi connectivity index (χ3n) is 4.62. The molecule has 3 nitrogen and oxygen atoms in total. The summed E-state index contributed by atoms with van der Waals surface area (Å²) in [6, 6.07) is 8.17. The predicted octanol–water partition coefficient (Wildman–Crippen LogP) is 3.33. The normalized spacial score (nSPS) is 16.9. The highest BCUT2D eigenvalue weighted by atomic mass is 35.5. The van der Waals surface area contributed by atoms with Crippen molar-refractivity contribution in [2.45, 2.75) is 52.0 Å². The fraction of sp³-hybridized carbons (Fsp3) is 0.588. The van der Waals surface area contributed by atoms with Gasteiger partial charge >= 0.3 is 0 Å². The molecule has 0 aliphatic heterocycles. The number of amides is 1. The Morgan fingerprint density at radius 1 is 1.24 bits per heavy atom. The van der Waals surface area contributed by atoms with Gasteiger partial charge in [-0.2, -0.15) is 0 Å². The summed E-state index contributed by atoms with van der Waals surface area (Å²) in [5, 5.41) is 3.05. The molecule has 3 N–H and O–H groups in total. The number of aryl methyl sites for hydroxylation is 1. The molecule has 4 heteroatoms. The first-order chi connectivity index (χ1) is 9.65. The van der Waals surface area contributed by atoms with Gasteiger partial charge in [0, 0.05) is 13.0 Å². The van der Waals surface area contributed by atoms with E-state index in [1.807, 2.05) is 12.1 Å². The van der Waals surface area contributed by atoms with Crippen LogP contribution in [0.3, 0.4) is 0 Å². The highest BCUT2D eigenvalue weighted by Crippen LogP contribution is 2.38. The second-order valence-corrected chi connectivity index (χ2v) is 6.14. The summed E-state index contributed by atoms with van der Waals surface area (Å²) < 4.78 is 0. The number of rotatable bonds is 5. The molecule has 1 aliphatic carbocycles. The highest BCUT2D eigenvalue weighted by molar-refractivity contribution is 5.85.